The first-order valence-electron chi connectivity index (χ1n) is 10.8. The highest BCUT2D eigenvalue weighted by atomic mass is 16.5. The second kappa shape index (κ2) is 8.88. The lowest BCUT2D eigenvalue weighted by Gasteiger charge is -2.40. The summed E-state index contributed by atoms with van der Waals surface area (Å²) in [4.78, 5) is 30.5. The zero-order chi connectivity index (χ0) is 21.9. The third-order valence-corrected chi connectivity index (χ3v) is 5.70. The Kier molecular flexibility index (Phi) is 5.64. The zero-order valence-corrected chi connectivity index (χ0v) is 17.6. The summed E-state index contributed by atoms with van der Waals surface area (Å²) in [7, 11) is 0. The van der Waals surface area contributed by atoms with Gasteiger partial charge in [0.15, 0.2) is 0 Å². The molecule has 5 rings (SSSR count). The number of rotatable bonds is 6. The van der Waals surface area contributed by atoms with Gasteiger partial charge in [0.1, 0.15) is 23.6 Å². The number of aromatic nitrogens is 2. The molecule has 4 heterocycles. The number of pyridine rings is 1. The SMILES string of the molecule is O=C(NCc1ccn2ccnc2c1)Nc1ccc(OC2CN(C(=O)[C@H]3CCCO3)C2)cc1. The van der Waals surface area contributed by atoms with E-state index in [9.17, 15) is 9.59 Å². The molecule has 32 heavy (non-hydrogen) atoms. The summed E-state index contributed by atoms with van der Waals surface area (Å²) >= 11 is 0. The van der Waals surface area contributed by atoms with E-state index in [2.05, 4.69) is 15.6 Å². The maximum Gasteiger partial charge on any atom is 0.319 e. The molecule has 3 amide bonds. The summed E-state index contributed by atoms with van der Waals surface area (Å²) < 4.78 is 13.3. The third-order valence-electron chi connectivity index (χ3n) is 5.70. The zero-order valence-electron chi connectivity index (χ0n) is 17.6. The van der Waals surface area contributed by atoms with Crippen molar-refractivity contribution < 1.29 is 19.1 Å². The molecule has 3 aromatic rings. The van der Waals surface area contributed by atoms with Crippen LogP contribution in [0.1, 0.15) is 18.4 Å². The van der Waals surface area contributed by atoms with Crippen LogP contribution in [-0.2, 0) is 16.1 Å². The first-order valence-corrected chi connectivity index (χ1v) is 10.8. The van der Waals surface area contributed by atoms with Crippen LogP contribution in [0.3, 0.4) is 0 Å². The molecule has 2 fully saturated rings. The Morgan fingerprint density at radius 3 is 2.78 bits per heavy atom. The van der Waals surface area contributed by atoms with Gasteiger partial charge in [-0.1, -0.05) is 0 Å². The summed E-state index contributed by atoms with van der Waals surface area (Å²) in [6, 6.07) is 10.8. The lowest BCUT2D eigenvalue weighted by molar-refractivity contribution is -0.149. The van der Waals surface area contributed by atoms with Crippen molar-refractivity contribution in [2.45, 2.75) is 31.6 Å². The van der Waals surface area contributed by atoms with Crippen LogP contribution < -0.4 is 15.4 Å². The van der Waals surface area contributed by atoms with Crippen molar-refractivity contribution in [1.82, 2.24) is 19.6 Å². The van der Waals surface area contributed by atoms with Gasteiger partial charge in [-0.25, -0.2) is 9.78 Å². The maximum absolute atomic E-state index is 12.3. The predicted molar refractivity (Wildman–Crippen MR) is 117 cm³/mol. The highest BCUT2D eigenvalue weighted by Crippen LogP contribution is 2.23. The topological polar surface area (TPSA) is 97.2 Å². The molecule has 2 aliphatic heterocycles. The number of carbonyl (C=O) groups excluding carboxylic acids is 2. The van der Waals surface area contributed by atoms with Crippen molar-refractivity contribution in [2.24, 2.45) is 0 Å². The Morgan fingerprint density at radius 1 is 1.16 bits per heavy atom. The number of carbonyl (C=O) groups is 2. The molecule has 1 aromatic carbocycles. The van der Waals surface area contributed by atoms with Crippen LogP contribution in [0.25, 0.3) is 5.65 Å². The minimum absolute atomic E-state index is 0.0186. The van der Waals surface area contributed by atoms with Gasteiger partial charge >= 0.3 is 6.03 Å². The molecule has 0 saturated carbocycles. The summed E-state index contributed by atoms with van der Waals surface area (Å²) in [6.45, 7) is 2.22. The fourth-order valence-electron chi connectivity index (χ4n) is 3.90. The van der Waals surface area contributed by atoms with E-state index in [1.807, 2.05) is 41.1 Å². The molecule has 1 atom stereocenters. The molecule has 0 bridgehead atoms. The molecule has 9 nitrogen and oxygen atoms in total. The molecular formula is C23H25N5O4. The van der Waals surface area contributed by atoms with Crippen LogP contribution >= 0.6 is 0 Å². The molecule has 2 saturated heterocycles. The molecule has 0 aliphatic carbocycles. The van der Waals surface area contributed by atoms with E-state index >= 15 is 0 Å². The number of hydrogen-bond acceptors (Lipinski definition) is 5. The molecule has 2 aliphatic rings. The standard InChI is InChI=1S/C23H25N5O4/c29-22(20-2-1-11-31-20)28-14-19(15-28)32-18-5-3-17(4-6-18)26-23(30)25-13-16-7-9-27-10-8-24-21(27)12-16/h3-10,12,19-20H,1-2,11,13-15H2,(H2,25,26,30)/t20-/m1/s1. The fourth-order valence-corrected chi connectivity index (χ4v) is 3.90. The minimum Gasteiger partial charge on any atom is -0.487 e. The Bertz CT molecular complexity index is 1100. The van der Waals surface area contributed by atoms with E-state index in [1.165, 1.54) is 0 Å². The Morgan fingerprint density at radius 2 is 2.00 bits per heavy atom. The highest BCUT2D eigenvalue weighted by molar-refractivity contribution is 5.89. The predicted octanol–water partition coefficient (Wildman–Crippen LogP) is 2.42. The van der Waals surface area contributed by atoms with Gasteiger partial charge < -0.3 is 29.4 Å². The van der Waals surface area contributed by atoms with E-state index in [1.54, 1.807) is 23.2 Å². The van der Waals surface area contributed by atoms with Gasteiger partial charge in [-0.15, -0.1) is 0 Å². The summed E-state index contributed by atoms with van der Waals surface area (Å²) in [5.74, 6) is 0.774. The lowest BCUT2D eigenvalue weighted by Crippen LogP contribution is -2.58. The Balaban J connectivity index is 1.05. The summed E-state index contributed by atoms with van der Waals surface area (Å²) in [6.07, 6.45) is 6.98. The monoisotopic (exact) mass is 435 g/mol. The van der Waals surface area contributed by atoms with Gasteiger partial charge in [-0.3, -0.25) is 4.79 Å². The number of anilines is 1. The lowest BCUT2D eigenvalue weighted by atomic mass is 10.1. The van der Waals surface area contributed by atoms with Gasteiger partial charge in [-0.05, 0) is 54.8 Å². The van der Waals surface area contributed by atoms with Crippen LogP contribution in [0.2, 0.25) is 0 Å². The number of benzene rings is 1. The van der Waals surface area contributed by atoms with E-state index in [0.717, 1.165) is 24.1 Å². The second-order valence-electron chi connectivity index (χ2n) is 8.04. The molecule has 0 spiro atoms. The second-order valence-corrected chi connectivity index (χ2v) is 8.04. The number of ether oxygens (including phenoxy) is 2. The molecule has 0 unspecified atom stereocenters. The molecule has 0 radical (unpaired) electrons. The number of fused-ring (bicyclic) bond motifs is 1. The van der Waals surface area contributed by atoms with Crippen molar-refractivity contribution in [2.75, 3.05) is 25.0 Å². The maximum atomic E-state index is 12.3. The Hall–Kier alpha value is -3.59. The van der Waals surface area contributed by atoms with Crippen LogP contribution in [0, 0.1) is 0 Å². The summed E-state index contributed by atoms with van der Waals surface area (Å²) in [5, 5.41) is 5.65. The number of nitrogens with one attached hydrogen (secondary N) is 2. The smallest absolute Gasteiger partial charge is 0.319 e. The summed E-state index contributed by atoms with van der Waals surface area (Å²) in [5.41, 5.74) is 2.48. The van der Waals surface area contributed by atoms with Crippen molar-refractivity contribution in [3.63, 3.8) is 0 Å². The van der Waals surface area contributed by atoms with E-state index in [0.29, 0.717) is 37.7 Å². The minimum atomic E-state index is -0.288. The van der Waals surface area contributed by atoms with E-state index in [-0.39, 0.29) is 24.1 Å². The van der Waals surface area contributed by atoms with Crippen LogP contribution in [-0.4, -0.2) is 58.1 Å². The first kappa shape index (κ1) is 20.3. The molecule has 2 aromatic heterocycles. The van der Waals surface area contributed by atoms with Crippen LogP contribution in [0.15, 0.2) is 55.0 Å². The highest BCUT2D eigenvalue weighted by Gasteiger charge is 2.37. The number of likely N-dealkylation sites (tertiary alicyclic amines) is 1. The van der Waals surface area contributed by atoms with E-state index in [4.69, 9.17) is 9.47 Å². The van der Waals surface area contributed by atoms with Crippen LogP contribution in [0.5, 0.6) is 5.75 Å². The molecule has 166 valence electrons. The number of hydrogen-bond donors (Lipinski definition) is 2. The van der Waals surface area contributed by atoms with Crippen molar-refractivity contribution in [3.8, 4) is 5.75 Å². The third kappa shape index (κ3) is 4.52. The van der Waals surface area contributed by atoms with Gasteiger partial charge in [0, 0.05) is 37.4 Å². The van der Waals surface area contributed by atoms with Crippen molar-refractivity contribution in [1.29, 1.82) is 0 Å². The first-order chi connectivity index (χ1) is 15.6. The molecular weight excluding hydrogens is 410 g/mol. The quantitative estimate of drug-likeness (QED) is 0.620. The largest absolute Gasteiger partial charge is 0.487 e. The normalized spacial score (nSPS) is 18.4. The van der Waals surface area contributed by atoms with Crippen molar-refractivity contribution in [3.05, 3.63) is 60.6 Å². The van der Waals surface area contributed by atoms with Gasteiger partial charge in [0.2, 0.25) is 0 Å². The fraction of sp³-hybridized carbons (Fsp3) is 0.348. The van der Waals surface area contributed by atoms with Crippen molar-refractivity contribution >= 4 is 23.3 Å². The molecule has 9 heteroatoms. The number of nitrogens with zero attached hydrogens (tertiary/aromatic N) is 3. The van der Waals surface area contributed by atoms with E-state index < -0.39 is 0 Å². The number of amides is 3. The van der Waals surface area contributed by atoms with Gasteiger partial charge in [0.25, 0.3) is 5.91 Å². The number of urea groups is 1. The van der Waals surface area contributed by atoms with Gasteiger partial charge in [0.05, 0.1) is 13.1 Å². The van der Waals surface area contributed by atoms with Gasteiger partial charge in [-0.2, -0.15) is 0 Å². The Labute approximate surface area is 185 Å². The average molecular weight is 435 g/mol. The number of imidazole rings is 1. The average Bonchev–Trinajstić information content (AvgIpc) is 3.47. The van der Waals surface area contributed by atoms with Crippen LogP contribution in [0.4, 0.5) is 10.5 Å². The molecule has 2 N–H and O–H groups in total.